The zero-order chi connectivity index (χ0) is 42.4. The molecular formula is C48H40N12OS2. The van der Waals surface area contributed by atoms with E-state index < -0.39 is 0 Å². The zero-order valence-electron chi connectivity index (χ0n) is 33.8. The molecule has 0 amide bonds. The summed E-state index contributed by atoms with van der Waals surface area (Å²) in [4.78, 5) is 53.7. The number of imidazole rings is 4. The van der Waals surface area contributed by atoms with Gasteiger partial charge in [0.25, 0.3) is 0 Å². The minimum atomic E-state index is 0.547. The van der Waals surface area contributed by atoms with Crippen LogP contribution in [-0.2, 0) is 32.7 Å². The maximum atomic E-state index is 10.3. The summed E-state index contributed by atoms with van der Waals surface area (Å²) in [5, 5.41) is 4.99. The number of aromatic amines is 4. The van der Waals surface area contributed by atoms with Gasteiger partial charge < -0.3 is 25.3 Å². The van der Waals surface area contributed by atoms with Gasteiger partial charge in [-0.15, -0.1) is 22.7 Å². The van der Waals surface area contributed by atoms with Crippen molar-refractivity contribution in [2.45, 2.75) is 32.7 Å². The minimum Gasteiger partial charge on any atom is -0.341 e. The summed E-state index contributed by atoms with van der Waals surface area (Å²) in [5.74, 6) is 3.76. The summed E-state index contributed by atoms with van der Waals surface area (Å²) in [6, 6.07) is 48.3. The number of benzene rings is 6. The standard InChI is InChI=1S/C24H20N6S.C16H15N5.C8H5NOS/c1-2-8-17-16(7-1)25-22(26-17)13-30(14-23-27-18-9-3-4-10-19(18)28-23)15-24-29-20-11-5-6-12-21(20)31-24;1-2-6-12-11(5-1)18-15(19-12)9-17-10-16-20-13-7-3-4-8-14(13)21-16;10-5-8-9-6-3-1-2-4-7(6)11-8/h1-12H,13-15H2,(H,25,26)(H,27,28);1-8,17H,9-10H2,(H,18,19)(H,20,21);1-5H. The van der Waals surface area contributed by atoms with Crippen LogP contribution in [0.25, 0.3) is 64.6 Å². The van der Waals surface area contributed by atoms with Crippen LogP contribution < -0.4 is 5.32 Å². The lowest BCUT2D eigenvalue weighted by Crippen LogP contribution is -2.23. The van der Waals surface area contributed by atoms with Crippen molar-refractivity contribution in [2.24, 2.45) is 0 Å². The third-order valence-electron chi connectivity index (χ3n) is 10.2. The fourth-order valence-electron chi connectivity index (χ4n) is 7.35. The van der Waals surface area contributed by atoms with Crippen LogP contribution in [0.1, 0.15) is 38.1 Å². The number of carbonyl (C=O) groups is 1. The summed E-state index contributed by atoms with van der Waals surface area (Å²) in [6.07, 6.45) is 0.782. The van der Waals surface area contributed by atoms with Gasteiger partial charge in [0.2, 0.25) is 0 Å². The predicted octanol–water partition coefficient (Wildman–Crippen LogP) is 10.1. The molecule has 6 heterocycles. The smallest absolute Gasteiger partial charge is 0.178 e. The highest BCUT2D eigenvalue weighted by atomic mass is 32.1. The number of fused-ring (bicyclic) bond motifs is 6. The Hall–Kier alpha value is -7.43. The number of aromatic nitrogens is 10. The number of rotatable bonds is 11. The first-order chi connectivity index (χ1) is 31.1. The molecule has 0 saturated carbocycles. The van der Waals surface area contributed by atoms with Crippen molar-refractivity contribution in [1.29, 1.82) is 0 Å². The Morgan fingerprint density at radius 2 is 0.810 bits per heavy atom. The van der Waals surface area contributed by atoms with Gasteiger partial charge in [-0.05, 0) is 72.8 Å². The van der Waals surface area contributed by atoms with E-state index in [-0.39, 0.29) is 0 Å². The van der Waals surface area contributed by atoms with Gasteiger partial charge >= 0.3 is 0 Å². The topological polar surface area (TPSA) is 173 Å². The molecule has 6 aromatic carbocycles. The van der Waals surface area contributed by atoms with Crippen molar-refractivity contribution in [3.05, 3.63) is 179 Å². The number of hydrogen-bond donors (Lipinski definition) is 5. The summed E-state index contributed by atoms with van der Waals surface area (Å²) in [6.45, 7) is 3.47. The van der Waals surface area contributed by atoms with Crippen LogP contribution in [0.4, 0.5) is 0 Å². The molecule has 5 N–H and O–H groups in total. The first-order valence-electron chi connectivity index (χ1n) is 20.4. The van der Waals surface area contributed by atoms with E-state index in [1.165, 1.54) is 16.0 Å². The number of aldehydes is 1. The van der Waals surface area contributed by atoms with E-state index in [4.69, 9.17) is 15.0 Å². The first kappa shape index (κ1) is 39.7. The van der Waals surface area contributed by atoms with E-state index in [1.54, 1.807) is 11.3 Å². The number of hydrogen-bond acceptors (Lipinski definition) is 11. The molecule has 310 valence electrons. The van der Waals surface area contributed by atoms with Crippen LogP contribution in [0, 0.1) is 0 Å². The number of carbonyl (C=O) groups excluding carboxylic acids is 1. The Labute approximate surface area is 368 Å². The zero-order valence-corrected chi connectivity index (χ0v) is 35.5. The van der Waals surface area contributed by atoms with Crippen molar-refractivity contribution in [1.82, 2.24) is 60.1 Å². The Bertz CT molecular complexity index is 3000. The molecule has 15 heteroatoms. The lowest BCUT2D eigenvalue weighted by Gasteiger charge is -2.18. The number of thiazole rings is 2. The Morgan fingerprint density at radius 1 is 0.429 bits per heavy atom. The first-order valence-corrected chi connectivity index (χ1v) is 22.0. The van der Waals surface area contributed by atoms with Crippen molar-refractivity contribution < 1.29 is 4.79 Å². The van der Waals surface area contributed by atoms with Crippen molar-refractivity contribution in [2.75, 3.05) is 0 Å². The molecule has 63 heavy (non-hydrogen) atoms. The number of H-pyrrole nitrogens is 4. The van der Waals surface area contributed by atoms with E-state index in [1.807, 2.05) is 115 Å². The van der Waals surface area contributed by atoms with Gasteiger partial charge in [0, 0.05) is 0 Å². The molecule has 6 aromatic heterocycles. The third kappa shape index (κ3) is 9.41. The van der Waals surface area contributed by atoms with Gasteiger partial charge in [-0.25, -0.2) is 29.9 Å². The van der Waals surface area contributed by atoms with Gasteiger partial charge in [0.1, 0.15) is 28.3 Å². The normalized spacial score (nSPS) is 11.4. The van der Waals surface area contributed by atoms with E-state index in [2.05, 4.69) is 75.4 Å². The Kier molecular flexibility index (Phi) is 11.5. The fraction of sp³-hybridized carbons (Fsp3) is 0.104. The molecular weight excluding hydrogens is 825 g/mol. The van der Waals surface area contributed by atoms with Gasteiger partial charge in [-0.1, -0.05) is 72.8 Å². The lowest BCUT2D eigenvalue weighted by atomic mass is 10.3. The molecule has 0 radical (unpaired) electrons. The molecule has 0 aliphatic carbocycles. The monoisotopic (exact) mass is 864 g/mol. The van der Waals surface area contributed by atoms with E-state index in [9.17, 15) is 4.79 Å². The van der Waals surface area contributed by atoms with Crippen LogP contribution in [-0.4, -0.2) is 61.0 Å². The molecule has 12 aromatic rings. The summed E-state index contributed by atoms with van der Waals surface area (Å²) in [5.41, 5.74) is 10.2. The lowest BCUT2D eigenvalue weighted by molar-refractivity contribution is 0.112. The van der Waals surface area contributed by atoms with Crippen LogP contribution in [0.3, 0.4) is 0 Å². The average molecular weight is 865 g/mol. The molecule has 0 spiro atoms. The number of para-hydroxylation sites is 10. The van der Waals surface area contributed by atoms with Gasteiger partial charge in [0.15, 0.2) is 11.3 Å². The number of nitrogens with zero attached hydrogens (tertiary/aromatic N) is 7. The summed E-state index contributed by atoms with van der Waals surface area (Å²) >= 11 is 3.16. The van der Waals surface area contributed by atoms with Gasteiger partial charge in [-0.3, -0.25) is 9.69 Å². The highest BCUT2D eigenvalue weighted by Crippen LogP contribution is 2.25. The SMILES string of the molecule is O=Cc1nc2ccccc2s1.c1ccc2[nH]c(CN(Cc3nc4ccccc4[nH]3)Cc3nc4ccccc4s3)nc2c1.c1ccc2[nH]c(CNCc3nc4ccccc4[nH]3)nc2c1. The quantitative estimate of drug-likeness (QED) is 0.0794. The second-order valence-corrected chi connectivity index (χ2v) is 16.9. The maximum Gasteiger partial charge on any atom is 0.178 e. The molecule has 13 nitrogen and oxygen atoms in total. The molecule has 0 unspecified atom stereocenters. The van der Waals surface area contributed by atoms with Crippen LogP contribution in [0.5, 0.6) is 0 Å². The van der Waals surface area contributed by atoms with Crippen LogP contribution in [0.2, 0.25) is 0 Å². The summed E-state index contributed by atoms with van der Waals surface area (Å²) in [7, 11) is 0. The molecule has 0 fully saturated rings. The van der Waals surface area contributed by atoms with E-state index in [0.717, 1.165) is 101 Å². The second-order valence-electron chi connectivity index (χ2n) is 14.8. The van der Waals surface area contributed by atoms with E-state index in [0.29, 0.717) is 31.2 Å². The van der Waals surface area contributed by atoms with Gasteiger partial charge in [0.05, 0.1) is 97.3 Å². The van der Waals surface area contributed by atoms with E-state index >= 15 is 0 Å². The molecule has 0 aliphatic heterocycles. The second kappa shape index (κ2) is 18.3. The number of nitrogens with one attached hydrogen (secondary N) is 5. The molecule has 0 saturated heterocycles. The van der Waals surface area contributed by atoms with Crippen LogP contribution >= 0.6 is 22.7 Å². The highest BCUT2D eigenvalue weighted by Gasteiger charge is 2.16. The van der Waals surface area contributed by atoms with Crippen LogP contribution in [0.15, 0.2) is 146 Å². The molecule has 0 bridgehead atoms. The largest absolute Gasteiger partial charge is 0.341 e. The summed E-state index contributed by atoms with van der Waals surface area (Å²) < 4.78 is 2.28. The fourth-order valence-corrected chi connectivity index (χ4v) is 9.14. The maximum absolute atomic E-state index is 10.3. The predicted molar refractivity (Wildman–Crippen MR) is 252 cm³/mol. The highest BCUT2D eigenvalue weighted by molar-refractivity contribution is 7.20. The van der Waals surface area contributed by atoms with Crippen molar-refractivity contribution >= 4 is 93.5 Å². The Balaban J connectivity index is 0.000000126. The third-order valence-corrected chi connectivity index (χ3v) is 12.2. The van der Waals surface area contributed by atoms with Crippen molar-refractivity contribution in [3.8, 4) is 0 Å². The molecule has 12 rings (SSSR count). The van der Waals surface area contributed by atoms with Gasteiger partial charge in [-0.2, -0.15) is 0 Å². The minimum absolute atomic E-state index is 0.547. The van der Waals surface area contributed by atoms with Crippen molar-refractivity contribution in [3.63, 3.8) is 0 Å². The molecule has 0 aliphatic rings. The molecule has 0 atom stereocenters. The Morgan fingerprint density at radius 3 is 1.24 bits per heavy atom. The average Bonchev–Trinajstić information content (AvgIpc) is 4.17.